The summed E-state index contributed by atoms with van der Waals surface area (Å²) in [5, 5.41) is 0. The highest BCUT2D eigenvalue weighted by atomic mass is 28.3. The molecule has 0 saturated heterocycles. The molecule has 0 spiro atoms. The predicted octanol–water partition coefficient (Wildman–Crippen LogP) is 4.43. The summed E-state index contributed by atoms with van der Waals surface area (Å²) in [4.78, 5) is 0. The van der Waals surface area contributed by atoms with E-state index in [-0.39, 0.29) is 0 Å². The Morgan fingerprint density at radius 2 is 1.69 bits per heavy atom. The van der Waals surface area contributed by atoms with E-state index < -0.39 is 19.8 Å². The molecule has 0 aliphatic heterocycles. The van der Waals surface area contributed by atoms with Crippen LogP contribution in [-0.2, 0) is 12.2 Å². The maximum atomic E-state index is 12.8. The molecule has 1 aromatic rings. The topological polar surface area (TPSA) is 0 Å². The summed E-state index contributed by atoms with van der Waals surface area (Å²) >= 11 is 0. The van der Waals surface area contributed by atoms with Gasteiger partial charge < -0.3 is 0 Å². The molecule has 1 aromatic carbocycles. The molecule has 0 bridgehead atoms. The standard InChI is InChI=1S/C12H17F3Si/c1-9-5-6-10(8-16(2,3)4)11(7-9)12(13,14)15/h5-7H,8H2,1-4H3. The summed E-state index contributed by atoms with van der Waals surface area (Å²) in [6.07, 6.45) is -4.24. The lowest BCUT2D eigenvalue weighted by atomic mass is 10.1. The maximum Gasteiger partial charge on any atom is 0.416 e. The molecule has 1 rings (SSSR count). The fourth-order valence-electron chi connectivity index (χ4n) is 1.68. The Morgan fingerprint density at radius 1 is 1.12 bits per heavy atom. The van der Waals surface area contributed by atoms with E-state index in [1.54, 1.807) is 19.1 Å². The van der Waals surface area contributed by atoms with Crippen LogP contribution in [0.5, 0.6) is 0 Å². The van der Waals surface area contributed by atoms with Crippen LogP contribution in [0, 0.1) is 6.92 Å². The summed E-state index contributed by atoms with van der Waals surface area (Å²) in [6, 6.07) is 5.19. The lowest BCUT2D eigenvalue weighted by Crippen LogP contribution is -2.26. The predicted molar refractivity (Wildman–Crippen MR) is 63.2 cm³/mol. The first-order valence-corrected chi connectivity index (χ1v) is 8.97. The van der Waals surface area contributed by atoms with Gasteiger partial charge in [-0.2, -0.15) is 13.2 Å². The van der Waals surface area contributed by atoms with Crippen LogP contribution in [-0.4, -0.2) is 8.07 Å². The second kappa shape index (κ2) is 4.24. The van der Waals surface area contributed by atoms with Crippen LogP contribution < -0.4 is 0 Å². The van der Waals surface area contributed by atoms with Gasteiger partial charge >= 0.3 is 6.18 Å². The molecule has 0 aliphatic carbocycles. The first-order chi connectivity index (χ1) is 7.09. The van der Waals surface area contributed by atoms with Gasteiger partial charge in [-0.25, -0.2) is 0 Å². The molecule has 0 nitrogen and oxygen atoms in total. The first kappa shape index (κ1) is 13.3. The molecule has 4 heteroatoms. The van der Waals surface area contributed by atoms with E-state index in [2.05, 4.69) is 19.6 Å². The van der Waals surface area contributed by atoms with E-state index >= 15 is 0 Å². The van der Waals surface area contributed by atoms with E-state index in [1.165, 1.54) is 6.07 Å². The summed E-state index contributed by atoms with van der Waals surface area (Å²) in [6.45, 7) is 7.92. The molecule has 0 aromatic heterocycles. The monoisotopic (exact) mass is 246 g/mol. The molecule has 90 valence electrons. The average Bonchev–Trinajstić information content (AvgIpc) is 2.04. The van der Waals surface area contributed by atoms with E-state index in [9.17, 15) is 13.2 Å². The van der Waals surface area contributed by atoms with Gasteiger partial charge in [-0.15, -0.1) is 0 Å². The molecule has 0 aliphatic rings. The van der Waals surface area contributed by atoms with Crippen LogP contribution in [0.2, 0.25) is 19.6 Å². The third-order valence-electron chi connectivity index (χ3n) is 2.29. The first-order valence-electron chi connectivity index (χ1n) is 5.26. The minimum Gasteiger partial charge on any atom is -0.166 e. The Balaban J connectivity index is 3.19. The van der Waals surface area contributed by atoms with Crippen molar-refractivity contribution in [3.63, 3.8) is 0 Å². The molecule has 0 radical (unpaired) electrons. The molecular formula is C12H17F3Si. The number of halogens is 3. The zero-order valence-corrected chi connectivity index (χ0v) is 11.1. The summed E-state index contributed by atoms with van der Waals surface area (Å²) < 4.78 is 38.5. The van der Waals surface area contributed by atoms with Gasteiger partial charge in [0.1, 0.15) is 0 Å². The number of hydrogen-bond acceptors (Lipinski definition) is 0. The SMILES string of the molecule is Cc1ccc(C[Si](C)(C)C)c(C(F)(F)F)c1. The smallest absolute Gasteiger partial charge is 0.166 e. The van der Waals surface area contributed by atoms with Crippen molar-refractivity contribution in [1.82, 2.24) is 0 Å². The van der Waals surface area contributed by atoms with Gasteiger partial charge in [0.2, 0.25) is 0 Å². The highest BCUT2D eigenvalue weighted by Crippen LogP contribution is 2.33. The third kappa shape index (κ3) is 3.67. The summed E-state index contributed by atoms with van der Waals surface area (Å²) in [5.74, 6) is 0. The van der Waals surface area contributed by atoms with Crippen molar-refractivity contribution in [2.45, 2.75) is 38.8 Å². The van der Waals surface area contributed by atoms with E-state index in [4.69, 9.17) is 0 Å². The Bertz CT molecular complexity index is 375. The van der Waals surface area contributed by atoms with Gasteiger partial charge in [0.15, 0.2) is 0 Å². The average molecular weight is 246 g/mol. The van der Waals surface area contributed by atoms with Crippen molar-refractivity contribution in [1.29, 1.82) is 0 Å². The summed E-state index contributed by atoms with van der Waals surface area (Å²) in [5.41, 5.74) is 0.638. The van der Waals surface area contributed by atoms with Crippen molar-refractivity contribution < 1.29 is 13.2 Å². The van der Waals surface area contributed by atoms with Crippen LogP contribution in [0.15, 0.2) is 18.2 Å². The van der Waals surface area contributed by atoms with Gasteiger partial charge in [-0.3, -0.25) is 0 Å². The molecule has 0 N–H and O–H groups in total. The number of hydrogen-bond donors (Lipinski definition) is 0. The molecular weight excluding hydrogens is 229 g/mol. The lowest BCUT2D eigenvalue weighted by molar-refractivity contribution is -0.138. The van der Waals surface area contributed by atoms with Gasteiger partial charge in [-0.1, -0.05) is 37.3 Å². The molecule has 0 fully saturated rings. The van der Waals surface area contributed by atoms with Crippen LogP contribution in [0.25, 0.3) is 0 Å². The van der Waals surface area contributed by atoms with E-state index in [0.717, 1.165) is 0 Å². The number of aryl methyl sites for hydroxylation is 1. The molecule has 16 heavy (non-hydrogen) atoms. The lowest BCUT2D eigenvalue weighted by Gasteiger charge is -2.20. The van der Waals surface area contributed by atoms with E-state index in [0.29, 0.717) is 17.2 Å². The van der Waals surface area contributed by atoms with Crippen LogP contribution >= 0.6 is 0 Å². The van der Waals surface area contributed by atoms with Gasteiger partial charge in [0.05, 0.1) is 5.56 Å². The maximum absolute atomic E-state index is 12.8. The highest BCUT2D eigenvalue weighted by molar-refractivity contribution is 6.75. The van der Waals surface area contributed by atoms with Crippen molar-refractivity contribution >= 4 is 8.07 Å². The van der Waals surface area contributed by atoms with Crippen molar-refractivity contribution in [2.75, 3.05) is 0 Å². The minimum absolute atomic E-state index is 0.442. The fourth-order valence-corrected chi connectivity index (χ4v) is 3.13. The second-order valence-corrected chi connectivity index (χ2v) is 10.9. The Morgan fingerprint density at radius 3 is 2.12 bits per heavy atom. The van der Waals surface area contributed by atoms with Crippen LogP contribution in [0.1, 0.15) is 16.7 Å². The third-order valence-corrected chi connectivity index (χ3v) is 3.73. The van der Waals surface area contributed by atoms with Gasteiger partial charge in [0, 0.05) is 8.07 Å². The second-order valence-electron chi connectivity index (χ2n) is 5.40. The molecule has 0 unspecified atom stereocenters. The van der Waals surface area contributed by atoms with Gasteiger partial charge in [-0.05, 0) is 24.6 Å². The van der Waals surface area contributed by atoms with Crippen LogP contribution in [0.4, 0.5) is 13.2 Å². The van der Waals surface area contributed by atoms with Crippen molar-refractivity contribution in [3.8, 4) is 0 Å². The van der Waals surface area contributed by atoms with Crippen molar-refractivity contribution in [2.24, 2.45) is 0 Å². The largest absolute Gasteiger partial charge is 0.416 e. The zero-order chi connectivity index (χ0) is 12.6. The number of alkyl halides is 3. The van der Waals surface area contributed by atoms with Crippen LogP contribution in [0.3, 0.4) is 0 Å². The highest BCUT2D eigenvalue weighted by Gasteiger charge is 2.34. The van der Waals surface area contributed by atoms with Gasteiger partial charge in [0.25, 0.3) is 0 Å². The Hall–Kier alpha value is -0.773. The summed E-state index contributed by atoms with van der Waals surface area (Å²) in [7, 11) is -1.53. The molecule has 0 heterocycles. The number of benzene rings is 1. The molecule has 0 amide bonds. The van der Waals surface area contributed by atoms with E-state index in [1.807, 2.05) is 0 Å². The molecule has 0 saturated carbocycles. The molecule has 0 atom stereocenters. The Labute approximate surface area is 95.5 Å². The quantitative estimate of drug-likeness (QED) is 0.677. The normalized spacial score (nSPS) is 12.9. The fraction of sp³-hybridized carbons (Fsp3) is 0.500. The number of rotatable bonds is 2. The zero-order valence-electron chi connectivity index (χ0n) is 10.1. The Kier molecular flexibility index (Phi) is 3.52. The van der Waals surface area contributed by atoms with Crippen molar-refractivity contribution in [3.05, 3.63) is 34.9 Å². The minimum atomic E-state index is -4.24.